The topological polar surface area (TPSA) is 74.3 Å². The van der Waals surface area contributed by atoms with E-state index >= 15 is 0 Å². The molecule has 7 heteroatoms. The van der Waals surface area contributed by atoms with Crippen LogP contribution in [-0.2, 0) is 21.3 Å². The lowest BCUT2D eigenvalue weighted by molar-refractivity contribution is 0.191. The predicted molar refractivity (Wildman–Crippen MR) is 74.4 cm³/mol. The van der Waals surface area contributed by atoms with Crippen molar-refractivity contribution in [2.24, 2.45) is 5.14 Å². The normalized spacial score (nSPS) is 12.2. The summed E-state index contributed by atoms with van der Waals surface area (Å²) in [7, 11) is -2.24. The largest absolute Gasteiger partial charge is 0.385 e. The van der Waals surface area contributed by atoms with Crippen molar-refractivity contribution in [3.63, 3.8) is 0 Å². The quantitative estimate of drug-likeness (QED) is 0.827. The van der Waals surface area contributed by atoms with Gasteiger partial charge in [-0.05, 0) is 31.0 Å². The Kier molecular flexibility index (Phi) is 4.42. The fraction of sp³-hybridized carbons (Fsp3) is 0.385. The van der Waals surface area contributed by atoms with Gasteiger partial charge in [-0.2, -0.15) is 0 Å². The smallest absolute Gasteiger partial charge is 0.240 e. The van der Waals surface area contributed by atoms with Crippen LogP contribution in [0.4, 0.5) is 4.39 Å². The lowest BCUT2D eigenvalue weighted by Gasteiger charge is -2.04. The van der Waals surface area contributed by atoms with Crippen LogP contribution in [0.15, 0.2) is 29.3 Å². The first-order chi connectivity index (χ1) is 9.43. The second kappa shape index (κ2) is 5.90. The molecule has 0 aliphatic rings. The number of fused-ring (bicyclic) bond motifs is 1. The number of nitrogens with zero attached hydrogens (tertiary/aromatic N) is 1. The monoisotopic (exact) mass is 300 g/mol. The summed E-state index contributed by atoms with van der Waals surface area (Å²) in [5, 5.41) is 5.50. The first-order valence-corrected chi connectivity index (χ1v) is 7.78. The van der Waals surface area contributed by atoms with Crippen LogP contribution in [-0.4, -0.2) is 26.7 Å². The first kappa shape index (κ1) is 15.0. The second-order valence-corrected chi connectivity index (χ2v) is 6.12. The number of unbranched alkanes of at least 4 members (excludes halogenated alkanes) is 1. The maximum atomic E-state index is 13.3. The van der Waals surface area contributed by atoms with E-state index in [4.69, 9.17) is 9.88 Å². The van der Waals surface area contributed by atoms with Gasteiger partial charge in [0.2, 0.25) is 10.0 Å². The Morgan fingerprint density at radius 2 is 2.10 bits per heavy atom. The van der Waals surface area contributed by atoms with Crippen LogP contribution in [0.5, 0.6) is 0 Å². The first-order valence-electron chi connectivity index (χ1n) is 6.23. The summed E-state index contributed by atoms with van der Waals surface area (Å²) in [5.74, 6) is -0.487. The molecule has 0 saturated heterocycles. The highest BCUT2D eigenvalue weighted by Gasteiger charge is 2.17. The third-order valence-electron chi connectivity index (χ3n) is 3.11. The molecule has 20 heavy (non-hydrogen) atoms. The molecule has 5 nitrogen and oxygen atoms in total. The Morgan fingerprint density at radius 1 is 1.35 bits per heavy atom. The van der Waals surface area contributed by atoms with Crippen molar-refractivity contribution in [3.05, 3.63) is 30.2 Å². The minimum atomic E-state index is -3.87. The summed E-state index contributed by atoms with van der Waals surface area (Å²) in [6.45, 7) is 1.27. The number of aromatic nitrogens is 1. The number of benzene rings is 1. The third kappa shape index (κ3) is 3.17. The van der Waals surface area contributed by atoms with Gasteiger partial charge in [0.05, 0.1) is 0 Å². The molecule has 0 bridgehead atoms. The zero-order chi connectivity index (χ0) is 14.8. The number of hydrogen-bond acceptors (Lipinski definition) is 3. The van der Waals surface area contributed by atoms with Crippen LogP contribution < -0.4 is 5.14 Å². The van der Waals surface area contributed by atoms with Gasteiger partial charge in [0, 0.05) is 37.4 Å². The highest BCUT2D eigenvalue weighted by molar-refractivity contribution is 7.89. The van der Waals surface area contributed by atoms with Gasteiger partial charge in [0.1, 0.15) is 10.7 Å². The van der Waals surface area contributed by atoms with Gasteiger partial charge in [-0.25, -0.2) is 17.9 Å². The summed E-state index contributed by atoms with van der Waals surface area (Å²) >= 11 is 0. The average Bonchev–Trinajstić information content (AvgIpc) is 2.72. The summed E-state index contributed by atoms with van der Waals surface area (Å²) < 4.78 is 43.2. The molecule has 2 rings (SSSR count). The van der Waals surface area contributed by atoms with Crippen molar-refractivity contribution < 1.29 is 17.5 Å². The maximum Gasteiger partial charge on any atom is 0.240 e. The number of rotatable bonds is 6. The molecule has 2 N–H and O–H groups in total. The number of sulfonamides is 1. The molecular weight excluding hydrogens is 283 g/mol. The van der Waals surface area contributed by atoms with Gasteiger partial charge in [-0.3, -0.25) is 0 Å². The van der Waals surface area contributed by atoms with Crippen LogP contribution in [0, 0.1) is 5.82 Å². The van der Waals surface area contributed by atoms with Crippen LogP contribution in [0.1, 0.15) is 12.8 Å². The van der Waals surface area contributed by atoms with E-state index in [2.05, 4.69) is 0 Å². The van der Waals surface area contributed by atoms with E-state index in [1.54, 1.807) is 17.7 Å². The van der Waals surface area contributed by atoms with Gasteiger partial charge >= 0.3 is 0 Å². The van der Waals surface area contributed by atoms with E-state index in [1.165, 1.54) is 18.3 Å². The zero-order valence-corrected chi connectivity index (χ0v) is 12.0. The van der Waals surface area contributed by atoms with Gasteiger partial charge in [0.15, 0.2) is 0 Å². The highest BCUT2D eigenvalue weighted by Crippen LogP contribution is 2.25. The Hall–Kier alpha value is -1.44. The zero-order valence-electron chi connectivity index (χ0n) is 11.2. The van der Waals surface area contributed by atoms with Gasteiger partial charge in [-0.1, -0.05) is 0 Å². The summed E-state index contributed by atoms with van der Waals surface area (Å²) in [4.78, 5) is -0.0428. The van der Waals surface area contributed by atoms with Crippen molar-refractivity contribution in [3.8, 4) is 0 Å². The van der Waals surface area contributed by atoms with Crippen molar-refractivity contribution in [2.45, 2.75) is 24.3 Å². The molecule has 0 fully saturated rings. The number of primary sulfonamides is 1. The van der Waals surface area contributed by atoms with E-state index < -0.39 is 15.8 Å². The number of methoxy groups -OCH3 is 1. The maximum absolute atomic E-state index is 13.3. The molecule has 0 unspecified atom stereocenters. The molecule has 0 spiro atoms. The summed E-state index contributed by atoms with van der Waals surface area (Å²) in [5.41, 5.74) is 0.660. The third-order valence-corrected chi connectivity index (χ3v) is 4.05. The van der Waals surface area contributed by atoms with Crippen molar-refractivity contribution in [1.82, 2.24) is 4.57 Å². The fourth-order valence-electron chi connectivity index (χ4n) is 2.18. The lowest BCUT2D eigenvalue weighted by Crippen LogP contribution is -2.11. The van der Waals surface area contributed by atoms with Crippen molar-refractivity contribution in [2.75, 3.05) is 13.7 Å². The summed E-state index contributed by atoms with van der Waals surface area (Å²) in [6.07, 6.45) is 3.16. The molecule has 0 aliphatic carbocycles. The molecule has 0 atom stereocenters. The number of halogens is 1. The van der Waals surface area contributed by atoms with E-state index in [0.29, 0.717) is 24.1 Å². The van der Waals surface area contributed by atoms with Crippen LogP contribution in [0.3, 0.4) is 0 Å². The Labute approximate surface area is 117 Å². The lowest BCUT2D eigenvalue weighted by atomic mass is 10.2. The molecule has 1 aromatic carbocycles. The molecule has 2 aromatic rings. The summed E-state index contributed by atoms with van der Waals surface area (Å²) in [6, 6.07) is 4.07. The fourth-order valence-corrected chi connectivity index (χ4v) is 2.92. The predicted octanol–water partition coefficient (Wildman–Crippen LogP) is 1.85. The molecule has 0 amide bonds. The average molecular weight is 300 g/mol. The van der Waals surface area contributed by atoms with Gasteiger partial charge in [-0.15, -0.1) is 0 Å². The van der Waals surface area contributed by atoms with E-state index in [1.807, 2.05) is 0 Å². The second-order valence-electron chi connectivity index (χ2n) is 4.59. The molecule has 110 valence electrons. The molecule has 1 aromatic heterocycles. The van der Waals surface area contributed by atoms with Crippen LogP contribution in [0.2, 0.25) is 0 Å². The van der Waals surface area contributed by atoms with Crippen molar-refractivity contribution >= 4 is 20.9 Å². The van der Waals surface area contributed by atoms with Gasteiger partial charge in [0.25, 0.3) is 0 Å². The highest BCUT2D eigenvalue weighted by atomic mass is 32.2. The number of nitrogens with two attached hydrogens (primary N) is 1. The SMILES string of the molecule is COCCCCn1cc(S(N)(=O)=O)c2cc(F)ccc21. The molecule has 0 radical (unpaired) electrons. The van der Waals surface area contributed by atoms with Crippen LogP contribution in [0.25, 0.3) is 10.9 Å². The Balaban J connectivity index is 2.40. The minimum absolute atomic E-state index is 0.0428. The van der Waals surface area contributed by atoms with E-state index in [0.717, 1.165) is 12.8 Å². The standard InChI is InChI=1S/C13H17FN2O3S/c1-19-7-3-2-6-16-9-13(20(15,17)18)11-8-10(14)4-5-12(11)16/h4-5,8-9H,2-3,6-7H2,1H3,(H2,15,17,18). The van der Waals surface area contributed by atoms with Crippen molar-refractivity contribution in [1.29, 1.82) is 0 Å². The van der Waals surface area contributed by atoms with E-state index in [9.17, 15) is 12.8 Å². The molecule has 0 aliphatic heterocycles. The Morgan fingerprint density at radius 3 is 2.75 bits per heavy atom. The number of aryl methyl sites for hydroxylation is 1. The van der Waals surface area contributed by atoms with Gasteiger partial charge < -0.3 is 9.30 Å². The molecular formula is C13H17FN2O3S. The minimum Gasteiger partial charge on any atom is -0.385 e. The van der Waals surface area contributed by atoms with E-state index in [-0.39, 0.29) is 4.90 Å². The molecule has 0 saturated carbocycles. The number of hydrogen-bond donors (Lipinski definition) is 1. The van der Waals surface area contributed by atoms with Crippen LogP contribution >= 0.6 is 0 Å². The Bertz CT molecular complexity index is 710. The number of ether oxygens (including phenoxy) is 1. The molecule has 1 heterocycles.